The van der Waals surface area contributed by atoms with Crippen molar-refractivity contribution in [2.45, 2.75) is 56.6 Å². The minimum absolute atomic E-state index is 0.0428. The lowest BCUT2D eigenvalue weighted by Gasteiger charge is -2.44. The van der Waals surface area contributed by atoms with Crippen molar-refractivity contribution in [3.63, 3.8) is 0 Å². The lowest BCUT2D eigenvalue weighted by Crippen LogP contribution is -2.48. The molecular weight excluding hydrogens is 464 g/mol. The van der Waals surface area contributed by atoms with Gasteiger partial charge >= 0.3 is 0 Å². The molecular formula is C24H26BrClN2O2. The van der Waals surface area contributed by atoms with Crippen molar-refractivity contribution >= 4 is 38.3 Å². The highest BCUT2D eigenvalue weighted by molar-refractivity contribution is 9.10. The highest BCUT2D eigenvalue weighted by atomic mass is 79.9. The molecule has 0 amide bonds. The van der Waals surface area contributed by atoms with Crippen LogP contribution in [0, 0.1) is 0 Å². The van der Waals surface area contributed by atoms with Crippen LogP contribution in [0.15, 0.2) is 57.9 Å². The molecule has 1 aliphatic carbocycles. The average molecular weight is 490 g/mol. The molecule has 1 heterocycles. The molecule has 0 bridgehead atoms. The van der Waals surface area contributed by atoms with Crippen LogP contribution < -0.4 is 16.0 Å². The fourth-order valence-corrected chi connectivity index (χ4v) is 5.35. The topological polar surface area (TPSA) is 68.1 Å². The maximum Gasteiger partial charge on any atom is 0.255 e. The lowest BCUT2D eigenvalue weighted by molar-refractivity contribution is 0.104. The minimum Gasteiger partial charge on any atom is -0.489 e. The summed E-state index contributed by atoms with van der Waals surface area (Å²) in [5.41, 5.74) is 7.76. The van der Waals surface area contributed by atoms with Crippen LogP contribution in [0.2, 0.25) is 5.02 Å². The van der Waals surface area contributed by atoms with E-state index in [0.717, 1.165) is 42.0 Å². The maximum atomic E-state index is 12.0. The summed E-state index contributed by atoms with van der Waals surface area (Å²) in [6.45, 7) is 2.16. The van der Waals surface area contributed by atoms with E-state index in [2.05, 4.69) is 52.1 Å². The Morgan fingerprint density at radius 3 is 2.73 bits per heavy atom. The van der Waals surface area contributed by atoms with Gasteiger partial charge in [0.2, 0.25) is 0 Å². The predicted octanol–water partition coefficient (Wildman–Crippen LogP) is 5.94. The van der Waals surface area contributed by atoms with E-state index in [1.165, 1.54) is 5.56 Å². The van der Waals surface area contributed by atoms with Crippen LogP contribution in [-0.4, -0.2) is 17.1 Å². The number of hydrogen-bond donors (Lipinski definition) is 2. The SMILES string of the molecule is CC[C@@H](N)C1(c2cccc(Br)c2)CCC(Oc2cc3cc[nH]c(=O)c3cc2Cl)CC1. The standard InChI is InChI=1S/C24H26BrClN2O2/c1-2-22(27)24(16-4-3-5-17(25)13-16)9-6-18(7-10-24)30-21-12-15-8-11-28-23(29)19(15)14-20(21)26/h3-5,8,11-14,18,22H,2,6-7,9-10,27H2,1H3,(H,28,29)/t18?,22-,24?/m1/s1. The molecule has 4 rings (SSSR count). The van der Waals surface area contributed by atoms with Crippen LogP contribution in [0.5, 0.6) is 5.75 Å². The number of pyridine rings is 1. The second kappa shape index (κ2) is 8.74. The van der Waals surface area contributed by atoms with Gasteiger partial charge < -0.3 is 15.5 Å². The Labute approximate surface area is 189 Å². The second-order valence-electron chi connectivity index (χ2n) is 8.18. The first-order valence-electron chi connectivity index (χ1n) is 10.4. The van der Waals surface area contributed by atoms with E-state index in [0.29, 0.717) is 16.2 Å². The van der Waals surface area contributed by atoms with Crippen molar-refractivity contribution in [3.05, 3.63) is 74.1 Å². The normalized spacial score (nSPS) is 22.7. The molecule has 1 saturated carbocycles. The Kier molecular flexibility index (Phi) is 6.24. The Hall–Kier alpha value is -1.82. The Morgan fingerprint density at radius 2 is 2.03 bits per heavy atom. The van der Waals surface area contributed by atoms with Crippen molar-refractivity contribution in [2.75, 3.05) is 0 Å². The molecule has 1 atom stereocenters. The molecule has 0 spiro atoms. The van der Waals surface area contributed by atoms with Crippen molar-refractivity contribution in [1.82, 2.24) is 4.98 Å². The van der Waals surface area contributed by atoms with Crippen molar-refractivity contribution < 1.29 is 4.74 Å². The van der Waals surface area contributed by atoms with Gasteiger partial charge in [0.1, 0.15) is 5.75 Å². The van der Waals surface area contributed by atoms with E-state index < -0.39 is 0 Å². The van der Waals surface area contributed by atoms with Crippen LogP contribution >= 0.6 is 27.5 Å². The predicted molar refractivity (Wildman–Crippen MR) is 127 cm³/mol. The summed E-state index contributed by atoms with van der Waals surface area (Å²) in [5.74, 6) is 0.634. The summed E-state index contributed by atoms with van der Waals surface area (Å²) >= 11 is 10.0. The molecule has 30 heavy (non-hydrogen) atoms. The van der Waals surface area contributed by atoms with E-state index in [1.54, 1.807) is 12.3 Å². The van der Waals surface area contributed by atoms with Crippen LogP contribution in [0.4, 0.5) is 0 Å². The zero-order valence-corrected chi connectivity index (χ0v) is 19.3. The first-order chi connectivity index (χ1) is 14.4. The summed E-state index contributed by atoms with van der Waals surface area (Å²) < 4.78 is 7.39. The maximum absolute atomic E-state index is 12.0. The minimum atomic E-state index is -0.147. The molecule has 3 N–H and O–H groups in total. The molecule has 0 unspecified atom stereocenters. The molecule has 2 aromatic carbocycles. The van der Waals surface area contributed by atoms with Gasteiger partial charge in [-0.15, -0.1) is 0 Å². The number of hydrogen-bond acceptors (Lipinski definition) is 3. The van der Waals surface area contributed by atoms with Gasteiger partial charge in [-0.3, -0.25) is 4.79 Å². The summed E-state index contributed by atoms with van der Waals surface area (Å²) in [7, 11) is 0. The first-order valence-corrected chi connectivity index (χ1v) is 11.6. The summed E-state index contributed by atoms with van der Waals surface area (Å²) in [4.78, 5) is 14.7. The fraction of sp³-hybridized carbons (Fsp3) is 0.375. The number of rotatable bonds is 5. The van der Waals surface area contributed by atoms with E-state index in [4.69, 9.17) is 22.1 Å². The van der Waals surface area contributed by atoms with Crippen molar-refractivity contribution in [3.8, 4) is 5.75 Å². The molecule has 0 saturated heterocycles. The van der Waals surface area contributed by atoms with E-state index >= 15 is 0 Å². The molecule has 158 valence electrons. The quantitative estimate of drug-likeness (QED) is 0.466. The van der Waals surface area contributed by atoms with Gasteiger partial charge in [-0.05, 0) is 73.4 Å². The van der Waals surface area contributed by atoms with Gasteiger partial charge in [-0.1, -0.05) is 46.6 Å². The zero-order chi connectivity index (χ0) is 21.3. The number of nitrogens with two attached hydrogens (primary N) is 1. The number of halogens is 2. The Bertz CT molecular complexity index is 1110. The summed E-state index contributed by atoms with van der Waals surface area (Å²) in [6, 6.07) is 14.0. The van der Waals surface area contributed by atoms with Crippen LogP contribution in [0.25, 0.3) is 10.8 Å². The van der Waals surface area contributed by atoms with Crippen LogP contribution in [0.3, 0.4) is 0 Å². The fourth-order valence-electron chi connectivity index (χ4n) is 4.75. The van der Waals surface area contributed by atoms with Gasteiger partial charge in [-0.25, -0.2) is 0 Å². The smallest absolute Gasteiger partial charge is 0.255 e. The molecule has 6 heteroatoms. The van der Waals surface area contributed by atoms with E-state index in [-0.39, 0.29) is 23.1 Å². The monoisotopic (exact) mass is 488 g/mol. The molecule has 0 radical (unpaired) electrons. The number of fused-ring (bicyclic) bond motifs is 1. The van der Waals surface area contributed by atoms with Crippen LogP contribution in [-0.2, 0) is 5.41 Å². The third-order valence-electron chi connectivity index (χ3n) is 6.49. The first kappa shape index (κ1) is 21.4. The Morgan fingerprint density at radius 1 is 1.27 bits per heavy atom. The largest absolute Gasteiger partial charge is 0.489 e. The third kappa shape index (κ3) is 4.03. The van der Waals surface area contributed by atoms with Gasteiger partial charge in [0.15, 0.2) is 0 Å². The molecule has 1 aliphatic rings. The number of ether oxygens (including phenoxy) is 1. The van der Waals surface area contributed by atoms with Gasteiger partial charge in [-0.2, -0.15) is 0 Å². The number of nitrogens with one attached hydrogen (secondary N) is 1. The van der Waals surface area contributed by atoms with Crippen molar-refractivity contribution in [2.24, 2.45) is 5.73 Å². The second-order valence-corrected chi connectivity index (χ2v) is 9.50. The highest BCUT2D eigenvalue weighted by Gasteiger charge is 2.41. The molecule has 3 aromatic rings. The molecule has 1 fully saturated rings. The van der Waals surface area contributed by atoms with Gasteiger partial charge in [0.05, 0.1) is 11.1 Å². The van der Waals surface area contributed by atoms with E-state index in [1.807, 2.05) is 12.1 Å². The molecule has 1 aromatic heterocycles. The van der Waals surface area contributed by atoms with Gasteiger partial charge in [0, 0.05) is 27.5 Å². The summed E-state index contributed by atoms with van der Waals surface area (Å²) in [6.07, 6.45) is 6.40. The average Bonchev–Trinajstić information content (AvgIpc) is 2.75. The number of aromatic amines is 1. The molecule has 4 nitrogen and oxygen atoms in total. The molecule has 0 aliphatic heterocycles. The zero-order valence-electron chi connectivity index (χ0n) is 17.0. The van der Waals surface area contributed by atoms with Crippen LogP contribution in [0.1, 0.15) is 44.6 Å². The van der Waals surface area contributed by atoms with Gasteiger partial charge in [0.25, 0.3) is 5.56 Å². The van der Waals surface area contributed by atoms with E-state index in [9.17, 15) is 4.79 Å². The number of aromatic nitrogens is 1. The number of H-pyrrole nitrogens is 1. The lowest BCUT2D eigenvalue weighted by atomic mass is 9.64. The highest BCUT2D eigenvalue weighted by Crippen LogP contribution is 2.44. The number of benzene rings is 2. The Balaban J connectivity index is 1.55. The van der Waals surface area contributed by atoms with Crippen molar-refractivity contribution in [1.29, 1.82) is 0 Å². The third-order valence-corrected chi connectivity index (χ3v) is 7.28. The summed E-state index contributed by atoms with van der Waals surface area (Å²) in [5, 5.41) is 1.86.